The van der Waals surface area contributed by atoms with E-state index in [9.17, 15) is 4.39 Å². The van der Waals surface area contributed by atoms with E-state index in [-0.39, 0.29) is 5.82 Å². The second-order valence-corrected chi connectivity index (χ2v) is 8.57. The van der Waals surface area contributed by atoms with Crippen molar-refractivity contribution in [2.45, 2.75) is 66.2 Å². The van der Waals surface area contributed by atoms with Crippen molar-refractivity contribution >= 4 is 12.6 Å². The van der Waals surface area contributed by atoms with Gasteiger partial charge in [0.05, 0.1) is 17.4 Å². The molecule has 2 heterocycles. The number of rotatable bonds is 5. The van der Waals surface area contributed by atoms with Crippen molar-refractivity contribution in [1.29, 1.82) is 0 Å². The van der Waals surface area contributed by atoms with Crippen LogP contribution in [0.3, 0.4) is 0 Å². The topological polar surface area (TPSA) is 45.5 Å². The molecule has 0 unspecified atom stereocenters. The summed E-state index contributed by atoms with van der Waals surface area (Å²) in [5.41, 5.74) is 0.439. The SMILES string of the molecule is Cc1nn(CC(C)C)cc1Oc1cc(F)ccc1B1OC(C)(C)C(C)(C)O1. The van der Waals surface area contributed by atoms with Crippen molar-refractivity contribution < 1.29 is 18.4 Å². The third-order valence-electron chi connectivity index (χ3n) is 5.16. The molecule has 0 amide bonds. The highest BCUT2D eigenvalue weighted by Crippen LogP contribution is 2.37. The van der Waals surface area contributed by atoms with Gasteiger partial charge in [-0.15, -0.1) is 0 Å². The highest BCUT2D eigenvalue weighted by atomic mass is 19.1. The summed E-state index contributed by atoms with van der Waals surface area (Å²) in [5, 5.41) is 4.48. The molecule has 1 aromatic heterocycles. The van der Waals surface area contributed by atoms with E-state index in [1.165, 1.54) is 12.1 Å². The Bertz CT molecular complexity index is 817. The van der Waals surface area contributed by atoms with Crippen LogP contribution in [0.2, 0.25) is 0 Å². The predicted molar refractivity (Wildman–Crippen MR) is 104 cm³/mol. The van der Waals surface area contributed by atoms with Crippen LogP contribution in [0.1, 0.15) is 47.2 Å². The maximum atomic E-state index is 13.9. The van der Waals surface area contributed by atoms with Crippen LogP contribution in [0.15, 0.2) is 24.4 Å². The predicted octanol–water partition coefficient (Wildman–Crippen LogP) is 4.08. The zero-order valence-corrected chi connectivity index (χ0v) is 17.2. The zero-order valence-electron chi connectivity index (χ0n) is 17.2. The van der Waals surface area contributed by atoms with Gasteiger partial charge in [0.2, 0.25) is 0 Å². The molecule has 27 heavy (non-hydrogen) atoms. The van der Waals surface area contributed by atoms with Gasteiger partial charge in [0.25, 0.3) is 0 Å². The Hall–Kier alpha value is -1.86. The molecule has 0 saturated carbocycles. The van der Waals surface area contributed by atoms with Crippen LogP contribution in [0.25, 0.3) is 0 Å². The van der Waals surface area contributed by atoms with Gasteiger partial charge >= 0.3 is 7.12 Å². The summed E-state index contributed by atoms with van der Waals surface area (Å²) in [6.07, 6.45) is 1.84. The summed E-state index contributed by atoms with van der Waals surface area (Å²) < 4.78 is 34.1. The third kappa shape index (κ3) is 4.04. The van der Waals surface area contributed by atoms with Gasteiger partial charge in [0.15, 0.2) is 5.75 Å². The Morgan fingerprint density at radius 3 is 2.37 bits per heavy atom. The van der Waals surface area contributed by atoms with Gasteiger partial charge in [0.1, 0.15) is 17.3 Å². The number of ether oxygens (including phenoxy) is 1. The lowest BCUT2D eigenvalue weighted by molar-refractivity contribution is 0.00578. The lowest BCUT2D eigenvalue weighted by atomic mass is 9.78. The first-order valence-electron chi connectivity index (χ1n) is 9.35. The zero-order chi connectivity index (χ0) is 20.0. The van der Waals surface area contributed by atoms with Crippen LogP contribution in [-0.2, 0) is 15.9 Å². The first kappa shape index (κ1) is 19.9. The van der Waals surface area contributed by atoms with E-state index in [0.717, 1.165) is 12.2 Å². The molecule has 2 aromatic rings. The lowest BCUT2D eigenvalue weighted by Gasteiger charge is -2.32. The molecule has 3 rings (SSSR count). The Morgan fingerprint density at radius 1 is 1.15 bits per heavy atom. The molecule has 0 bridgehead atoms. The van der Waals surface area contributed by atoms with E-state index in [2.05, 4.69) is 18.9 Å². The molecule has 0 N–H and O–H groups in total. The van der Waals surface area contributed by atoms with Crippen molar-refractivity contribution in [3.8, 4) is 11.5 Å². The van der Waals surface area contributed by atoms with Crippen molar-refractivity contribution in [2.24, 2.45) is 5.92 Å². The molecule has 0 atom stereocenters. The molecule has 7 heteroatoms. The summed E-state index contributed by atoms with van der Waals surface area (Å²) in [5.74, 6) is 1.06. The van der Waals surface area contributed by atoms with Gasteiger partial charge in [-0.2, -0.15) is 5.10 Å². The van der Waals surface area contributed by atoms with Crippen LogP contribution in [0.4, 0.5) is 4.39 Å². The molecule has 1 aliphatic heterocycles. The largest absolute Gasteiger partial charge is 0.498 e. The first-order chi connectivity index (χ1) is 12.5. The van der Waals surface area contributed by atoms with E-state index in [4.69, 9.17) is 14.0 Å². The fraction of sp³-hybridized carbons (Fsp3) is 0.550. The summed E-state index contributed by atoms with van der Waals surface area (Å²) in [7, 11) is -0.628. The highest BCUT2D eigenvalue weighted by molar-refractivity contribution is 6.63. The molecule has 0 aliphatic carbocycles. The van der Waals surface area contributed by atoms with Gasteiger partial charge in [-0.25, -0.2) is 4.39 Å². The molecular formula is C20H28BFN2O3. The summed E-state index contributed by atoms with van der Waals surface area (Å²) in [6, 6.07) is 4.41. The fourth-order valence-corrected chi connectivity index (χ4v) is 2.95. The quantitative estimate of drug-likeness (QED) is 0.740. The number of hydrogen-bond acceptors (Lipinski definition) is 4. The molecule has 1 aromatic carbocycles. The van der Waals surface area contributed by atoms with Gasteiger partial charge in [-0.1, -0.05) is 19.9 Å². The Balaban J connectivity index is 1.91. The summed E-state index contributed by atoms with van der Waals surface area (Å²) in [6.45, 7) is 14.8. The molecule has 1 saturated heterocycles. The van der Waals surface area contributed by atoms with E-state index in [0.29, 0.717) is 22.9 Å². The first-order valence-corrected chi connectivity index (χ1v) is 9.35. The molecule has 146 valence electrons. The average Bonchev–Trinajstić information content (AvgIpc) is 2.94. The van der Waals surface area contributed by atoms with Crippen LogP contribution in [-0.4, -0.2) is 28.1 Å². The second kappa shape index (κ2) is 6.95. The number of aryl methyl sites for hydroxylation is 1. The van der Waals surface area contributed by atoms with Crippen molar-refractivity contribution in [3.63, 3.8) is 0 Å². The minimum absolute atomic E-state index is 0.376. The van der Waals surface area contributed by atoms with Crippen molar-refractivity contribution in [2.75, 3.05) is 0 Å². The smallest absolute Gasteiger partial charge is 0.454 e. The van der Waals surface area contributed by atoms with Crippen LogP contribution in [0.5, 0.6) is 11.5 Å². The summed E-state index contributed by atoms with van der Waals surface area (Å²) >= 11 is 0. The number of benzene rings is 1. The van der Waals surface area contributed by atoms with Crippen molar-refractivity contribution in [3.05, 3.63) is 35.9 Å². The molecule has 1 fully saturated rings. The average molecular weight is 374 g/mol. The number of halogens is 1. The second-order valence-electron chi connectivity index (χ2n) is 8.57. The monoisotopic (exact) mass is 374 g/mol. The third-order valence-corrected chi connectivity index (χ3v) is 5.16. The van der Waals surface area contributed by atoms with Gasteiger partial charge in [0, 0.05) is 18.1 Å². The molecule has 5 nitrogen and oxygen atoms in total. The molecule has 1 aliphatic rings. The molecular weight excluding hydrogens is 346 g/mol. The standard InChI is InChI=1S/C20H28BFN2O3/c1-13(2)11-24-12-18(14(3)23-24)25-17-10-15(22)8-9-16(17)21-26-19(4,5)20(6,7)27-21/h8-10,12-13H,11H2,1-7H3. The fourth-order valence-electron chi connectivity index (χ4n) is 2.95. The highest BCUT2D eigenvalue weighted by Gasteiger charge is 2.52. The van der Waals surface area contributed by atoms with Crippen LogP contribution >= 0.6 is 0 Å². The Kier molecular flexibility index (Phi) is 5.12. The van der Waals surface area contributed by atoms with Gasteiger partial charge < -0.3 is 14.0 Å². The van der Waals surface area contributed by atoms with Gasteiger partial charge in [-0.3, -0.25) is 4.68 Å². The number of nitrogens with zero attached hydrogens (tertiary/aromatic N) is 2. The van der Waals surface area contributed by atoms with Crippen LogP contribution < -0.4 is 10.2 Å². The summed E-state index contributed by atoms with van der Waals surface area (Å²) in [4.78, 5) is 0. The van der Waals surface area contributed by atoms with Crippen LogP contribution in [0, 0.1) is 18.7 Å². The van der Waals surface area contributed by atoms with E-state index >= 15 is 0 Å². The normalized spacial score (nSPS) is 18.3. The minimum Gasteiger partial charge on any atom is -0.454 e. The number of hydrogen-bond donors (Lipinski definition) is 0. The maximum Gasteiger partial charge on any atom is 0.498 e. The van der Waals surface area contributed by atoms with E-state index in [1.807, 2.05) is 45.5 Å². The van der Waals surface area contributed by atoms with Gasteiger partial charge in [-0.05, 0) is 46.6 Å². The Morgan fingerprint density at radius 2 is 1.78 bits per heavy atom. The lowest BCUT2D eigenvalue weighted by Crippen LogP contribution is -2.41. The minimum atomic E-state index is -0.628. The van der Waals surface area contributed by atoms with Crippen molar-refractivity contribution in [1.82, 2.24) is 9.78 Å². The maximum absolute atomic E-state index is 13.9. The molecule has 0 radical (unpaired) electrons. The molecule has 0 spiro atoms. The Labute approximate surface area is 161 Å². The van der Waals surface area contributed by atoms with E-state index < -0.39 is 18.3 Å². The number of aromatic nitrogens is 2. The van der Waals surface area contributed by atoms with E-state index in [1.54, 1.807) is 6.07 Å².